The van der Waals surface area contributed by atoms with Gasteiger partial charge >= 0.3 is 0 Å². The molecule has 0 aliphatic carbocycles. The number of halogens is 3. The van der Waals surface area contributed by atoms with Gasteiger partial charge in [-0.1, -0.05) is 50.4 Å². The van der Waals surface area contributed by atoms with Crippen molar-refractivity contribution in [3.63, 3.8) is 0 Å². The van der Waals surface area contributed by atoms with Crippen molar-refractivity contribution in [2.45, 2.75) is 31.0 Å². The third-order valence-corrected chi connectivity index (χ3v) is 4.55. The Morgan fingerprint density at radius 2 is 2.14 bits per heavy atom. The van der Waals surface area contributed by atoms with Gasteiger partial charge in [-0.15, -0.1) is 10.2 Å². The van der Waals surface area contributed by atoms with E-state index < -0.39 is 10.7 Å². The zero-order chi connectivity index (χ0) is 16.7. The first kappa shape index (κ1) is 19.3. The van der Waals surface area contributed by atoms with E-state index in [1.165, 1.54) is 13.2 Å². The van der Waals surface area contributed by atoms with Crippen LogP contribution in [-0.4, -0.2) is 39.3 Å². The van der Waals surface area contributed by atoms with Gasteiger partial charge in [0, 0.05) is 17.8 Å². The van der Waals surface area contributed by atoms with Crippen molar-refractivity contribution in [1.82, 2.24) is 10.2 Å². The maximum atomic E-state index is 12.5. The highest BCUT2D eigenvalue weighted by Gasteiger charge is 2.31. The summed E-state index contributed by atoms with van der Waals surface area (Å²) in [5.74, 6) is -0.500. The van der Waals surface area contributed by atoms with E-state index in [0.29, 0.717) is 18.2 Å². The molecule has 0 bridgehead atoms. The maximum absolute atomic E-state index is 12.5. The van der Waals surface area contributed by atoms with Gasteiger partial charge in [-0.05, 0) is 12.8 Å². The van der Waals surface area contributed by atoms with Crippen LogP contribution in [0.2, 0.25) is 5.15 Å². The molecule has 0 N–H and O–H groups in total. The van der Waals surface area contributed by atoms with Crippen LogP contribution in [0.3, 0.4) is 0 Å². The predicted molar refractivity (Wildman–Crippen MR) is 92.1 cm³/mol. The molecule has 9 heteroatoms. The van der Waals surface area contributed by atoms with Crippen molar-refractivity contribution in [3.05, 3.63) is 11.2 Å². The lowest BCUT2D eigenvalue weighted by molar-refractivity contribution is -0.126. The summed E-state index contributed by atoms with van der Waals surface area (Å²) < 4.78 is 5.17. The van der Waals surface area contributed by atoms with Gasteiger partial charge < -0.3 is 4.74 Å². The van der Waals surface area contributed by atoms with Gasteiger partial charge in [0.2, 0.25) is 17.6 Å². The van der Waals surface area contributed by atoms with Crippen molar-refractivity contribution < 1.29 is 14.3 Å². The molecule has 0 aliphatic rings. The van der Waals surface area contributed by atoms with E-state index in [0.717, 1.165) is 4.90 Å². The molecule has 0 saturated carbocycles. The van der Waals surface area contributed by atoms with Crippen LogP contribution in [-0.2, 0) is 9.59 Å². The van der Waals surface area contributed by atoms with Crippen LogP contribution in [0, 0.1) is 0 Å². The molecular formula is C13H16Br2ClN3O3. The summed E-state index contributed by atoms with van der Waals surface area (Å²) in [5.41, 5.74) is 0. The predicted octanol–water partition coefficient (Wildman–Crippen LogP) is 3.35. The van der Waals surface area contributed by atoms with Crippen molar-refractivity contribution in [3.8, 4) is 5.75 Å². The Morgan fingerprint density at radius 3 is 2.68 bits per heavy atom. The fourth-order valence-corrected chi connectivity index (χ4v) is 2.26. The smallest absolute Gasteiger partial charge is 0.248 e. The lowest BCUT2D eigenvalue weighted by Gasteiger charge is -2.23. The molecule has 0 saturated heterocycles. The van der Waals surface area contributed by atoms with Crippen LogP contribution in [0.5, 0.6) is 5.75 Å². The first-order valence-corrected chi connectivity index (χ1v) is 9.01. The Morgan fingerprint density at radius 1 is 1.45 bits per heavy atom. The highest BCUT2D eigenvalue weighted by atomic mass is 79.9. The average molecular weight is 458 g/mol. The topological polar surface area (TPSA) is 72.4 Å². The molecule has 2 amide bonds. The van der Waals surface area contributed by atoms with Gasteiger partial charge in [0.1, 0.15) is 0 Å². The number of ether oxygens (including phenoxy) is 1. The van der Waals surface area contributed by atoms with Crippen LogP contribution in [0.15, 0.2) is 6.07 Å². The summed E-state index contributed by atoms with van der Waals surface area (Å²) in [4.78, 5) is 25.5. The lowest BCUT2D eigenvalue weighted by Crippen LogP contribution is -2.42. The quantitative estimate of drug-likeness (QED) is 0.587. The number of hydrogen-bond acceptors (Lipinski definition) is 5. The van der Waals surface area contributed by atoms with Gasteiger partial charge in [-0.3, -0.25) is 9.59 Å². The zero-order valence-electron chi connectivity index (χ0n) is 12.2. The van der Waals surface area contributed by atoms with Crippen molar-refractivity contribution in [1.29, 1.82) is 0 Å². The van der Waals surface area contributed by atoms with Gasteiger partial charge in [0.05, 0.1) is 11.9 Å². The molecule has 22 heavy (non-hydrogen) atoms. The van der Waals surface area contributed by atoms with Crippen LogP contribution >= 0.6 is 43.5 Å². The number of methoxy groups -OCH3 is 1. The van der Waals surface area contributed by atoms with Crippen LogP contribution in [0.25, 0.3) is 0 Å². The summed E-state index contributed by atoms with van der Waals surface area (Å²) in [6, 6.07) is 1.41. The van der Waals surface area contributed by atoms with Gasteiger partial charge in [-0.2, -0.15) is 0 Å². The second-order valence-corrected chi connectivity index (χ2v) is 6.58. The third kappa shape index (κ3) is 4.89. The van der Waals surface area contributed by atoms with E-state index in [1.54, 1.807) is 0 Å². The molecule has 122 valence electrons. The second-order valence-electron chi connectivity index (χ2n) is 4.29. The molecule has 0 radical (unpaired) electrons. The van der Waals surface area contributed by atoms with E-state index in [9.17, 15) is 9.59 Å². The maximum Gasteiger partial charge on any atom is 0.248 e. The fourth-order valence-electron chi connectivity index (χ4n) is 1.64. The molecule has 0 aliphatic heterocycles. The molecule has 1 aromatic rings. The molecule has 1 heterocycles. The van der Waals surface area contributed by atoms with Gasteiger partial charge in [0.15, 0.2) is 10.9 Å². The van der Waals surface area contributed by atoms with E-state index in [2.05, 4.69) is 42.1 Å². The van der Waals surface area contributed by atoms with E-state index >= 15 is 0 Å². The normalized spacial score (nSPS) is 11.9. The molecule has 1 rings (SSSR count). The number of amides is 2. The summed E-state index contributed by atoms with van der Waals surface area (Å²) in [7, 11) is 1.41. The number of carbonyl (C=O) groups excluding carboxylic acids is 2. The molecule has 0 spiro atoms. The number of carbonyl (C=O) groups is 2. The monoisotopic (exact) mass is 455 g/mol. The Labute approximate surface area is 150 Å². The second kappa shape index (κ2) is 9.42. The minimum atomic E-state index is -0.498. The summed E-state index contributed by atoms with van der Waals surface area (Å²) in [5, 5.41) is 8.34. The number of hydrogen-bond donors (Lipinski definition) is 0. The van der Waals surface area contributed by atoms with E-state index in [-0.39, 0.29) is 29.0 Å². The highest BCUT2D eigenvalue weighted by Crippen LogP contribution is 2.29. The van der Waals surface area contributed by atoms with Gasteiger partial charge in [0.25, 0.3) is 0 Å². The first-order chi connectivity index (χ1) is 10.5. The number of alkyl halides is 2. The average Bonchev–Trinajstić information content (AvgIpc) is 2.53. The number of nitrogens with zero attached hydrogens (tertiary/aromatic N) is 3. The Bertz CT molecular complexity index is 545. The summed E-state index contributed by atoms with van der Waals surface area (Å²) >= 11 is 12.3. The van der Waals surface area contributed by atoms with E-state index in [1.807, 2.05) is 6.92 Å². The lowest BCUT2D eigenvalue weighted by atomic mass is 10.2. The molecule has 6 nitrogen and oxygen atoms in total. The third-order valence-electron chi connectivity index (χ3n) is 2.76. The number of anilines is 1. The fraction of sp³-hybridized carbons (Fsp3) is 0.538. The molecule has 1 aromatic heterocycles. The Balaban J connectivity index is 3.25. The minimum absolute atomic E-state index is 0.0503. The van der Waals surface area contributed by atoms with Gasteiger partial charge in [-0.25, -0.2) is 4.90 Å². The zero-order valence-corrected chi connectivity index (χ0v) is 16.1. The van der Waals surface area contributed by atoms with E-state index in [4.69, 9.17) is 16.3 Å². The highest BCUT2D eigenvalue weighted by molar-refractivity contribution is 9.10. The SMILES string of the molecule is CCC(Br)C(=O)N(C(=O)CCCBr)c1nnc(Cl)cc1OC. The Hall–Kier alpha value is -0.730. The van der Waals surface area contributed by atoms with Crippen molar-refractivity contribution in [2.24, 2.45) is 0 Å². The first-order valence-electron chi connectivity index (χ1n) is 6.60. The molecular weight excluding hydrogens is 441 g/mol. The minimum Gasteiger partial charge on any atom is -0.493 e. The number of aromatic nitrogens is 2. The molecule has 1 unspecified atom stereocenters. The Kier molecular flexibility index (Phi) is 8.27. The van der Waals surface area contributed by atoms with Crippen LogP contribution in [0.4, 0.5) is 5.82 Å². The number of rotatable bonds is 7. The molecule has 0 aromatic carbocycles. The van der Waals surface area contributed by atoms with Crippen molar-refractivity contribution >= 4 is 61.1 Å². The summed E-state index contributed by atoms with van der Waals surface area (Å²) in [6.45, 7) is 1.84. The standard InChI is InChI=1S/C13H16Br2ClN3O3/c1-3-8(15)13(21)19(11(20)5-4-6-14)12-9(22-2)7-10(16)17-18-12/h7-8H,3-6H2,1-2H3. The van der Waals surface area contributed by atoms with Crippen molar-refractivity contribution in [2.75, 3.05) is 17.3 Å². The number of imide groups is 1. The van der Waals surface area contributed by atoms with Crippen LogP contribution < -0.4 is 9.64 Å². The molecule has 0 fully saturated rings. The van der Waals surface area contributed by atoms with Crippen LogP contribution in [0.1, 0.15) is 26.2 Å². The largest absolute Gasteiger partial charge is 0.493 e. The summed E-state index contributed by atoms with van der Waals surface area (Å²) in [6.07, 6.45) is 1.34. The molecule has 1 atom stereocenters.